The molecule has 7 nitrogen and oxygen atoms in total. The Bertz CT molecular complexity index is 554. The molecule has 0 aromatic heterocycles. The minimum Gasteiger partial charge on any atom is -0.478 e. The maximum Gasteiger partial charge on any atom is 0.328 e. The van der Waals surface area contributed by atoms with Crippen molar-refractivity contribution in [1.82, 2.24) is 5.32 Å². The highest BCUT2D eigenvalue weighted by atomic mass is 16.5. The number of ether oxygens (including phenoxy) is 1. The first kappa shape index (κ1) is 16.2. The fraction of sp³-hybridized carbons (Fsp3) is 0.214. The van der Waals surface area contributed by atoms with Gasteiger partial charge in [0.25, 0.3) is 0 Å². The molecule has 7 heteroatoms. The fourth-order valence-electron chi connectivity index (χ4n) is 1.43. The molecule has 112 valence electrons. The number of hydrogen-bond acceptors (Lipinski definition) is 4. The molecule has 3 N–H and O–H groups in total. The minimum atomic E-state index is -1.06. The highest BCUT2D eigenvalue weighted by Crippen LogP contribution is 2.11. The third-order valence-electron chi connectivity index (χ3n) is 2.26. The number of benzene rings is 1. The Morgan fingerprint density at radius 1 is 1.33 bits per heavy atom. The summed E-state index contributed by atoms with van der Waals surface area (Å²) in [6, 6.07) is 6.05. The number of anilines is 1. The molecular formula is C14H16N2O5. The molecule has 1 rings (SSSR count). The molecule has 0 radical (unpaired) electrons. The van der Waals surface area contributed by atoms with Gasteiger partial charge < -0.3 is 20.5 Å². The second kappa shape index (κ2) is 8.36. The standard InChI is InChI=1S/C14H16N2O5/c1-2-21-13(19)9-15-14(20)16-11-5-3-4-10(8-11)6-7-12(17)18/h3-8H,2,9H2,1H3,(H,17,18)(H2,15,16,20)/b7-6+. The van der Waals surface area contributed by atoms with E-state index in [-0.39, 0.29) is 13.2 Å². The number of carboxylic acids is 1. The molecule has 0 unspecified atom stereocenters. The molecule has 0 atom stereocenters. The van der Waals surface area contributed by atoms with Crippen LogP contribution in [0.3, 0.4) is 0 Å². The van der Waals surface area contributed by atoms with Crippen molar-refractivity contribution < 1.29 is 24.2 Å². The van der Waals surface area contributed by atoms with E-state index in [1.165, 1.54) is 6.08 Å². The Labute approximate surface area is 121 Å². The average molecular weight is 292 g/mol. The lowest BCUT2D eigenvalue weighted by molar-refractivity contribution is -0.141. The van der Waals surface area contributed by atoms with Crippen molar-refractivity contribution in [2.24, 2.45) is 0 Å². The monoisotopic (exact) mass is 292 g/mol. The molecule has 0 spiro atoms. The summed E-state index contributed by atoms with van der Waals surface area (Å²) in [5.41, 5.74) is 1.10. The van der Waals surface area contributed by atoms with Crippen molar-refractivity contribution in [2.75, 3.05) is 18.5 Å². The molecule has 0 aliphatic rings. The van der Waals surface area contributed by atoms with E-state index in [9.17, 15) is 14.4 Å². The summed E-state index contributed by atoms with van der Waals surface area (Å²) in [6.45, 7) is 1.70. The third kappa shape index (κ3) is 6.76. The lowest BCUT2D eigenvalue weighted by Crippen LogP contribution is -2.34. The first-order chi connectivity index (χ1) is 10.0. The number of aliphatic carboxylic acids is 1. The fourth-order valence-corrected chi connectivity index (χ4v) is 1.43. The van der Waals surface area contributed by atoms with Crippen molar-refractivity contribution in [3.63, 3.8) is 0 Å². The first-order valence-electron chi connectivity index (χ1n) is 6.23. The van der Waals surface area contributed by atoms with E-state index < -0.39 is 18.0 Å². The Balaban J connectivity index is 2.54. The lowest BCUT2D eigenvalue weighted by atomic mass is 10.2. The van der Waals surface area contributed by atoms with Gasteiger partial charge in [-0.1, -0.05) is 12.1 Å². The van der Waals surface area contributed by atoms with Gasteiger partial charge in [0.15, 0.2) is 0 Å². The predicted octanol–water partition coefficient (Wildman–Crippen LogP) is 1.47. The van der Waals surface area contributed by atoms with Crippen molar-refractivity contribution in [1.29, 1.82) is 0 Å². The van der Waals surface area contributed by atoms with E-state index in [1.54, 1.807) is 31.2 Å². The van der Waals surface area contributed by atoms with Crippen LogP contribution in [-0.4, -0.2) is 36.2 Å². The van der Waals surface area contributed by atoms with Crippen LogP contribution < -0.4 is 10.6 Å². The number of hydrogen-bond donors (Lipinski definition) is 3. The molecule has 0 fully saturated rings. The Morgan fingerprint density at radius 3 is 2.76 bits per heavy atom. The molecule has 0 saturated heterocycles. The molecule has 0 bridgehead atoms. The lowest BCUT2D eigenvalue weighted by Gasteiger charge is -2.07. The van der Waals surface area contributed by atoms with E-state index >= 15 is 0 Å². The first-order valence-corrected chi connectivity index (χ1v) is 6.23. The van der Waals surface area contributed by atoms with E-state index in [1.807, 2.05) is 0 Å². The third-order valence-corrected chi connectivity index (χ3v) is 2.26. The van der Waals surface area contributed by atoms with Crippen molar-refractivity contribution >= 4 is 29.7 Å². The van der Waals surface area contributed by atoms with Crippen LogP contribution in [0.5, 0.6) is 0 Å². The minimum absolute atomic E-state index is 0.224. The van der Waals surface area contributed by atoms with Crippen molar-refractivity contribution in [3.05, 3.63) is 35.9 Å². The van der Waals surface area contributed by atoms with E-state index in [0.29, 0.717) is 11.3 Å². The molecule has 1 aromatic carbocycles. The van der Waals surface area contributed by atoms with Crippen LogP contribution in [-0.2, 0) is 14.3 Å². The van der Waals surface area contributed by atoms with Gasteiger partial charge in [-0.3, -0.25) is 4.79 Å². The zero-order valence-electron chi connectivity index (χ0n) is 11.5. The summed E-state index contributed by atoms with van der Waals surface area (Å²) in [5, 5.41) is 13.4. The maximum absolute atomic E-state index is 11.6. The molecule has 0 aliphatic heterocycles. The van der Waals surface area contributed by atoms with E-state index in [4.69, 9.17) is 5.11 Å². The summed E-state index contributed by atoms with van der Waals surface area (Å²) in [5.74, 6) is -1.58. The number of carbonyl (C=O) groups excluding carboxylic acids is 2. The van der Waals surface area contributed by atoms with Gasteiger partial charge in [-0.05, 0) is 30.7 Å². The van der Waals surface area contributed by atoms with Crippen LogP contribution >= 0.6 is 0 Å². The van der Waals surface area contributed by atoms with Gasteiger partial charge in [0, 0.05) is 11.8 Å². The quantitative estimate of drug-likeness (QED) is 0.544. The van der Waals surface area contributed by atoms with Gasteiger partial charge in [-0.15, -0.1) is 0 Å². The van der Waals surface area contributed by atoms with Crippen LogP contribution in [0.15, 0.2) is 30.3 Å². The summed E-state index contributed by atoms with van der Waals surface area (Å²) in [7, 11) is 0. The second-order valence-corrected chi connectivity index (χ2v) is 3.91. The Hall–Kier alpha value is -2.83. The van der Waals surface area contributed by atoms with Crippen LogP contribution in [0.1, 0.15) is 12.5 Å². The molecule has 2 amide bonds. The normalized spacial score (nSPS) is 10.1. The summed E-state index contributed by atoms with van der Waals surface area (Å²) >= 11 is 0. The SMILES string of the molecule is CCOC(=O)CNC(=O)Nc1cccc(/C=C/C(=O)O)c1. The van der Waals surface area contributed by atoms with Gasteiger partial charge in [-0.25, -0.2) is 9.59 Å². The molecule has 0 saturated carbocycles. The van der Waals surface area contributed by atoms with Crippen LogP contribution in [0.4, 0.5) is 10.5 Å². The molecule has 0 aliphatic carbocycles. The topological polar surface area (TPSA) is 105 Å². The smallest absolute Gasteiger partial charge is 0.328 e. The van der Waals surface area contributed by atoms with Gasteiger partial charge >= 0.3 is 18.0 Å². The van der Waals surface area contributed by atoms with E-state index in [0.717, 1.165) is 6.08 Å². The van der Waals surface area contributed by atoms with E-state index in [2.05, 4.69) is 15.4 Å². The Kier molecular flexibility index (Phi) is 6.46. The number of rotatable bonds is 6. The molecular weight excluding hydrogens is 276 g/mol. The molecule has 0 heterocycles. The van der Waals surface area contributed by atoms with Crippen LogP contribution in [0.25, 0.3) is 6.08 Å². The predicted molar refractivity (Wildman–Crippen MR) is 76.8 cm³/mol. The zero-order chi connectivity index (χ0) is 15.7. The van der Waals surface area contributed by atoms with Gasteiger partial charge in [-0.2, -0.15) is 0 Å². The van der Waals surface area contributed by atoms with Crippen molar-refractivity contribution in [2.45, 2.75) is 6.92 Å². The average Bonchev–Trinajstić information content (AvgIpc) is 2.44. The summed E-state index contributed by atoms with van der Waals surface area (Å²) in [6.07, 6.45) is 2.41. The summed E-state index contributed by atoms with van der Waals surface area (Å²) in [4.78, 5) is 33.1. The largest absolute Gasteiger partial charge is 0.478 e. The zero-order valence-corrected chi connectivity index (χ0v) is 11.5. The number of carbonyl (C=O) groups is 3. The molecule has 1 aromatic rings. The van der Waals surface area contributed by atoms with Gasteiger partial charge in [0.05, 0.1) is 6.61 Å². The number of carboxylic acid groups (broad SMARTS) is 1. The Morgan fingerprint density at radius 2 is 2.10 bits per heavy atom. The van der Waals surface area contributed by atoms with Crippen LogP contribution in [0.2, 0.25) is 0 Å². The number of amides is 2. The van der Waals surface area contributed by atoms with Gasteiger partial charge in [0.2, 0.25) is 0 Å². The van der Waals surface area contributed by atoms with Gasteiger partial charge in [0.1, 0.15) is 6.54 Å². The highest BCUT2D eigenvalue weighted by molar-refractivity contribution is 5.92. The second-order valence-electron chi connectivity index (χ2n) is 3.91. The number of urea groups is 1. The van der Waals surface area contributed by atoms with Crippen molar-refractivity contribution in [3.8, 4) is 0 Å². The number of esters is 1. The maximum atomic E-state index is 11.6. The van der Waals surface area contributed by atoms with Crippen LogP contribution in [0, 0.1) is 0 Å². The highest BCUT2D eigenvalue weighted by Gasteiger charge is 2.06. The number of nitrogens with one attached hydrogen (secondary N) is 2. The molecule has 21 heavy (non-hydrogen) atoms. The summed E-state index contributed by atoms with van der Waals surface area (Å²) < 4.78 is 4.67.